The maximum Gasteiger partial charge on any atom is 0.317 e. The van der Waals surface area contributed by atoms with Crippen molar-refractivity contribution in [3.05, 3.63) is 30.1 Å². The molecule has 7 heteroatoms. The van der Waals surface area contributed by atoms with E-state index in [0.29, 0.717) is 10.8 Å². The van der Waals surface area contributed by atoms with E-state index in [9.17, 15) is 9.18 Å². The van der Waals surface area contributed by atoms with Gasteiger partial charge in [0.2, 0.25) is 0 Å². The molecule has 0 aromatic heterocycles. The lowest BCUT2D eigenvalue weighted by Crippen LogP contribution is -2.61. The molecule has 1 aromatic rings. The number of carbonyl (C=O) groups is 1. The highest BCUT2D eigenvalue weighted by molar-refractivity contribution is 7.80. The predicted octanol–water partition coefficient (Wildman–Crippen LogP) is 4.99. The Balaban J connectivity index is 1.03. The molecule has 2 N–H and O–H groups in total. The van der Waals surface area contributed by atoms with Crippen LogP contribution < -0.4 is 10.6 Å². The van der Waals surface area contributed by atoms with Crippen LogP contribution in [0.2, 0.25) is 0 Å². The number of nitrogens with one attached hydrogen (secondary N) is 2. The van der Waals surface area contributed by atoms with Gasteiger partial charge in [-0.15, -0.1) is 0 Å². The zero-order valence-electron chi connectivity index (χ0n) is 19.3. The third-order valence-corrected chi connectivity index (χ3v) is 9.72. The number of hydrogen-bond donors (Lipinski definition) is 2. The first-order valence-corrected chi connectivity index (χ1v) is 13.2. The van der Waals surface area contributed by atoms with Gasteiger partial charge in [0.15, 0.2) is 5.11 Å². The molecule has 4 bridgehead atoms. The second-order valence-electron chi connectivity index (χ2n) is 11.7. The summed E-state index contributed by atoms with van der Waals surface area (Å²) in [4.78, 5) is 17.5. The minimum absolute atomic E-state index is 0.0789. The van der Waals surface area contributed by atoms with Crippen molar-refractivity contribution in [3.8, 4) is 0 Å². The second-order valence-corrected chi connectivity index (χ2v) is 12.1. The van der Waals surface area contributed by atoms with E-state index in [0.717, 1.165) is 63.2 Å². The summed E-state index contributed by atoms with van der Waals surface area (Å²) in [7, 11) is 0. The van der Waals surface area contributed by atoms with Gasteiger partial charge in [-0.25, -0.2) is 9.18 Å². The Morgan fingerprint density at radius 1 is 0.939 bits per heavy atom. The molecule has 33 heavy (non-hydrogen) atoms. The van der Waals surface area contributed by atoms with Crippen molar-refractivity contribution >= 4 is 29.0 Å². The van der Waals surface area contributed by atoms with Crippen LogP contribution in [0.15, 0.2) is 24.3 Å². The molecule has 7 rings (SSSR count). The van der Waals surface area contributed by atoms with Crippen LogP contribution in [0.1, 0.15) is 57.8 Å². The molecule has 0 unspecified atom stereocenters. The third-order valence-electron chi connectivity index (χ3n) is 9.36. The number of para-hydroxylation sites is 1. The molecule has 2 heterocycles. The molecule has 4 saturated carbocycles. The van der Waals surface area contributed by atoms with Crippen molar-refractivity contribution < 1.29 is 9.18 Å². The van der Waals surface area contributed by atoms with Gasteiger partial charge in [0, 0.05) is 31.7 Å². The zero-order chi connectivity index (χ0) is 22.6. The van der Waals surface area contributed by atoms with Crippen molar-refractivity contribution in [2.24, 2.45) is 23.2 Å². The first-order chi connectivity index (χ1) is 15.9. The molecular weight excluding hydrogens is 435 g/mol. The van der Waals surface area contributed by atoms with Crippen molar-refractivity contribution in [1.82, 2.24) is 15.1 Å². The summed E-state index contributed by atoms with van der Waals surface area (Å²) in [5, 5.41) is 7.21. The van der Waals surface area contributed by atoms with E-state index in [1.54, 1.807) is 18.2 Å². The Hall–Kier alpha value is -1.89. The lowest BCUT2D eigenvalue weighted by molar-refractivity contribution is -0.0155. The Bertz CT molecular complexity index is 909. The van der Waals surface area contributed by atoms with Crippen LogP contribution in [0.5, 0.6) is 0 Å². The Morgan fingerprint density at radius 3 is 2.12 bits per heavy atom. The molecule has 0 radical (unpaired) electrons. The summed E-state index contributed by atoms with van der Waals surface area (Å²) in [5.41, 5.74) is 0.703. The number of urea groups is 1. The van der Waals surface area contributed by atoms with E-state index in [1.807, 2.05) is 0 Å². The van der Waals surface area contributed by atoms with E-state index >= 15 is 0 Å². The number of piperidine rings is 1. The van der Waals surface area contributed by atoms with E-state index in [2.05, 4.69) is 20.4 Å². The summed E-state index contributed by atoms with van der Waals surface area (Å²) < 4.78 is 14.0. The first-order valence-electron chi connectivity index (χ1n) is 12.8. The summed E-state index contributed by atoms with van der Waals surface area (Å²) in [6.07, 6.45) is 10.9. The number of anilines is 1. The molecule has 4 aliphatic carbocycles. The van der Waals surface area contributed by atoms with Crippen LogP contribution in [0.3, 0.4) is 0 Å². The zero-order valence-corrected chi connectivity index (χ0v) is 20.1. The largest absolute Gasteiger partial charge is 0.349 e. The van der Waals surface area contributed by atoms with Crippen LogP contribution in [-0.2, 0) is 0 Å². The predicted molar refractivity (Wildman–Crippen MR) is 131 cm³/mol. The van der Waals surface area contributed by atoms with Crippen molar-refractivity contribution in [1.29, 1.82) is 0 Å². The SMILES string of the molecule is O=C(NC12CC3CC(CC(C3)C1)C2)N1CCC2(CCN(C(=S)Nc3ccccc3F)CC2)C1. The topological polar surface area (TPSA) is 47.6 Å². The highest BCUT2D eigenvalue weighted by Gasteiger charge is 2.52. The molecule has 1 spiro atoms. The molecule has 6 fully saturated rings. The number of amides is 2. The summed E-state index contributed by atoms with van der Waals surface area (Å²) in [5.74, 6) is 2.23. The van der Waals surface area contributed by atoms with E-state index < -0.39 is 0 Å². The fourth-order valence-electron chi connectivity index (χ4n) is 8.03. The number of rotatable bonds is 2. The molecular formula is C26H35FN4OS. The smallest absolute Gasteiger partial charge is 0.317 e. The highest BCUT2D eigenvalue weighted by Crippen LogP contribution is 2.55. The first kappa shape index (κ1) is 21.6. The summed E-state index contributed by atoms with van der Waals surface area (Å²) in [6.45, 7) is 3.41. The van der Waals surface area contributed by atoms with Gasteiger partial charge in [-0.3, -0.25) is 0 Å². The maximum absolute atomic E-state index is 14.0. The van der Waals surface area contributed by atoms with Crippen molar-refractivity contribution in [2.45, 2.75) is 63.3 Å². The average Bonchev–Trinajstić information content (AvgIpc) is 3.18. The van der Waals surface area contributed by atoms with Crippen molar-refractivity contribution in [2.75, 3.05) is 31.5 Å². The molecule has 0 atom stereocenters. The van der Waals surface area contributed by atoms with Gasteiger partial charge >= 0.3 is 6.03 Å². The summed E-state index contributed by atoms with van der Waals surface area (Å²) in [6, 6.07) is 6.82. The molecule has 2 aliphatic heterocycles. The van der Waals surface area contributed by atoms with Gasteiger partial charge in [0.05, 0.1) is 5.69 Å². The maximum atomic E-state index is 14.0. The number of nitrogens with zero attached hydrogens (tertiary/aromatic N) is 2. The Morgan fingerprint density at radius 2 is 1.52 bits per heavy atom. The van der Waals surface area contributed by atoms with Gasteiger partial charge in [0.25, 0.3) is 0 Å². The van der Waals surface area contributed by atoms with E-state index in [-0.39, 0.29) is 22.8 Å². The monoisotopic (exact) mass is 470 g/mol. The fourth-order valence-corrected chi connectivity index (χ4v) is 8.32. The normalized spacial score (nSPS) is 34.0. The number of halogens is 1. The number of hydrogen-bond acceptors (Lipinski definition) is 2. The van der Waals surface area contributed by atoms with Crippen LogP contribution in [0.4, 0.5) is 14.9 Å². The van der Waals surface area contributed by atoms with Crippen LogP contribution in [0, 0.1) is 29.0 Å². The van der Waals surface area contributed by atoms with Crippen molar-refractivity contribution in [3.63, 3.8) is 0 Å². The lowest BCUT2D eigenvalue weighted by Gasteiger charge is -2.57. The summed E-state index contributed by atoms with van der Waals surface area (Å²) >= 11 is 5.56. The average molecular weight is 471 g/mol. The molecule has 2 saturated heterocycles. The van der Waals surface area contributed by atoms with Gasteiger partial charge in [-0.2, -0.15) is 0 Å². The highest BCUT2D eigenvalue weighted by atomic mass is 32.1. The van der Waals surface area contributed by atoms with Crippen LogP contribution in [-0.4, -0.2) is 52.7 Å². The molecule has 5 nitrogen and oxygen atoms in total. The third kappa shape index (κ3) is 4.11. The van der Waals surface area contributed by atoms with E-state index in [1.165, 1.54) is 44.6 Å². The lowest BCUT2D eigenvalue weighted by atomic mass is 9.53. The quantitative estimate of drug-likeness (QED) is 0.598. The minimum Gasteiger partial charge on any atom is -0.349 e. The van der Waals surface area contributed by atoms with Gasteiger partial charge < -0.3 is 20.4 Å². The number of thiocarbonyl (C=S) groups is 1. The van der Waals surface area contributed by atoms with Crippen LogP contribution >= 0.6 is 12.2 Å². The standard InChI is InChI=1S/C26H35FN4OS/c27-21-3-1-2-4-22(21)28-24(33)30-8-5-25(6-9-30)7-10-31(17-25)23(32)29-26-14-18-11-19(15-26)13-20(12-18)16-26/h1-4,18-20H,5-17H2,(H,28,33)(H,29,32). The fraction of sp³-hybridized carbons (Fsp3) is 0.692. The Labute approximate surface area is 201 Å². The van der Waals surface area contributed by atoms with Gasteiger partial charge in [0.1, 0.15) is 5.82 Å². The van der Waals surface area contributed by atoms with Gasteiger partial charge in [-0.05, 0) is 105 Å². The number of likely N-dealkylation sites (tertiary alicyclic amines) is 2. The Kier molecular flexibility index (Phi) is 5.31. The number of carbonyl (C=O) groups excluding carboxylic acids is 1. The molecule has 178 valence electrons. The van der Waals surface area contributed by atoms with Gasteiger partial charge in [-0.1, -0.05) is 12.1 Å². The molecule has 1 aromatic carbocycles. The molecule has 6 aliphatic rings. The van der Waals surface area contributed by atoms with Crippen LogP contribution in [0.25, 0.3) is 0 Å². The molecule has 2 amide bonds. The van der Waals surface area contributed by atoms with E-state index in [4.69, 9.17) is 12.2 Å². The minimum atomic E-state index is -0.287. The number of benzene rings is 1. The second kappa shape index (κ2) is 8.10.